The van der Waals surface area contributed by atoms with Gasteiger partial charge in [-0.3, -0.25) is 0 Å². The topological polar surface area (TPSA) is 51.2 Å². The summed E-state index contributed by atoms with van der Waals surface area (Å²) in [6.45, 7) is 8.37. The Morgan fingerprint density at radius 1 is 1.33 bits per heavy atom. The Morgan fingerprint density at radius 3 is 2.52 bits per heavy atom. The lowest BCUT2D eigenvalue weighted by Gasteiger charge is -2.14. The van der Waals surface area contributed by atoms with Crippen LogP contribution in [-0.2, 0) is 4.74 Å². The Hall–Kier alpha value is -1.88. The highest BCUT2D eigenvalue weighted by Gasteiger charge is 2.13. The number of hydrogen-bond acceptors (Lipinski definition) is 5. The molecule has 2 rings (SSSR count). The van der Waals surface area contributed by atoms with Gasteiger partial charge in [-0.1, -0.05) is 0 Å². The van der Waals surface area contributed by atoms with Crippen LogP contribution in [-0.4, -0.2) is 17.6 Å². The summed E-state index contributed by atoms with van der Waals surface area (Å²) in [7, 11) is 0. The van der Waals surface area contributed by atoms with Gasteiger partial charge >= 0.3 is 5.97 Å². The number of hydrogen-bond donors (Lipinski definition) is 1. The molecule has 1 aromatic carbocycles. The van der Waals surface area contributed by atoms with Gasteiger partial charge in [0.05, 0.1) is 28.9 Å². The van der Waals surface area contributed by atoms with Gasteiger partial charge in [0.15, 0.2) is 0 Å². The number of carbonyl (C=O) groups is 1. The Kier molecular flexibility index (Phi) is 4.96. The fourth-order valence-corrected chi connectivity index (χ4v) is 3.10. The summed E-state index contributed by atoms with van der Waals surface area (Å²) in [6, 6.07) is 7.44. The van der Waals surface area contributed by atoms with E-state index in [4.69, 9.17) is 4.74 Å². The molecule has 1 heterocycles. The first-order chi connectivity index (χ1) is 10.0. The molecule has 112 valence electrons. The van der Waals surface area contributed by atoms with Crippen LogP contribution in [0, 0.1) is 13.8 Å². The molecule has 1 aromatic heterocycles. The summed E-state index contributed by atoms with van der Waals surface area (Å²) in [5.41, 5.74) is 2.60. The van der Waals surface area contributed by atoms with E-state index in [9.17, 15) is 4.79 Å². The summed E-state index contributed by atoms with van der Waals surface area (Å²) in [4.78, 5) is 17.4. The van der Waals surface area contributed by atoms with Crippen LogP contribution in [0.25, 0.3) is 0 Å². The molecule has 0 saturated carbocycles. The van der Waals surface area contributed by atoms with Gasteiger partial charge in [-0.25, -0.2) is 9.78 Å². The van der Waals surface area contributed by atoms with Crippen LogP contribution in [0.4, 0.5) is 5.69 Å². The number of nitrogens with zero attached hydrogens (tertiary/aromatic N) is 1. The summed E-state index contributed by atoms with van der Waals surface area (Å²) in [5, 5.41) is 4.48. The van der Waals surface area contributed by atoms with Gasteiger partial charge in [-0.05, 0) is 52.0 Å². The molecule has 0 bridgehead atoms. The third-order valence-corrected chi connectivity index (χ3v) is 4.03. The first-order valence-electron chi connectivity index (χ1n) is 6.99. The van der Waals surface area contributed by atoms with E-state index in [-0.39, 0.29) is 12.0 Å². The number of nitrogens with one attached hydrogen (secondary N) is 1. The molecule has 0 amide bonds. The maximum absolute atomic E-state index is 11.6. The van der Waals surface area contributed by atoms with Crippen molar-refractivity contribution in [2.24, 2.45) is 0 Å². The summed E-state index contributed by atoms with van der Waals surface area (Å²) in [5.74, 6) is -0.289. The lowest BCUT2D eigenvalue weighted by Crippen LogP contribution is -2.09. The molecule has 21 heavy (non-hydrogen) atoms. The van der Waals surface area contributed by atoms with Gasteiger partial charge in [0.2, 0.25) is 0 Å². The number of aryl methyl sites for hydroxylation is 2. The van der Waals surface area contributed by atoms with Crippen LogP contribution in [0.5, 0.6) is 0 Å². The molecule has 0 saturated heterocycles. The van der Waals surface area contributed by atoms with Gasteiger partial charge in [0, 0.05) is 10.6 Å². The minimum absolute atomic E-state index is 0.128. The minimum atomic E-state index is -0.289. The van der Waals surface area contributed by atoms with Crippen molar-refractivity contribution in [2.75, 3.05) is 11.9 Å². The summed E-state index contributed by atoms with van der Waals surface area (Å²) < 4.78 is 4.97. The maximum Gasteiger partial charge on any atom is 0.338 e. The SMILES string of the molecule is CCOC(=O)c1ccc(NC(C)c2nc(C)sc2C)cc1. The first-order valence-corrected chi connectivity index (χ1v) is 7.80. The Labute approximate surface area is 129 Å². The molecule has 5 heteroatoms. The molecular formula is C16H20N2O2S. The molecule has 0 spiro atoms. The van der Waals surface area contributed by atoms with Crippen molar-refractivity contribution in [1.29, 1.82) is 0 Å². The lowest BCUT2D eigenvalue weighted by molar-refractivity contribution is 0.0526. The van der Waals surface area contributed by atoms with Crippen LogP contribution < -0.4 is 5.32 Å². The summed E-state index contributed by atoms with van der Waals surface area (Å²) in [6.07, 6.45) is 0. The minimum Gasteiger partial charge on any atom is -0.462 e. The molecule has 0 aliphatic heterocycles. The fraction of sp³-hybridized carbons (Fsp3) is 0.375. The van der Waals surface area contributed by atoms with E-state index in [0.29, 0.717) is 12.2 Å². The number of rotatable bonds is 5. The molecule has 4 nitrogen and oxygen atoms in total. The monoisotopic (exact) mass is 304 g/mol. The van der Waals surface area contributed by atoms with E-state index >= 15 is 0 Å². The number of anilines is 1. The number of thiazole rings is 1. The van der Waals surface area contributed by atoms with Gasteiger partial charge in [0.25, 0.3) is 0 Å². The van der Waals surface area contributed by atoms with Crippen molar-refractivity contribution in [1.82, 2.24) is 4.98 Å². The number of esters is 1. The van der Waals surface area contributed by atoms with Crippen molar-refractivity contribution < 1.29 is 9.53 Å². The number of aromatic nitrogens is 1. The average Bonchev–Trinajstić information content (AvgIpc) is 2.79. The van der Waals surface area contributed by atoms with Crippen molar-refractivity contribution in [3.63, 3.8) is 0 Å². The van der Waals surface area contributed by atoms with Crippen LogP contribution in [0.2, 0.25) is 0 Å². The Morgan fingerprint density at radius 2 is 2.00 bits per heavy atom. The zero-order valence-corrected chi connectivity index (χ0v) is 13.6. The van der Waals surface area contributed by atoms with E-state index in [0.717, 1.165) is 16.4 Å². The largest absolute Gasteiger partial charge is 0.462 e. The van der Waals surface area contributed by atoms with E-state index < -0.39 is 0 Å². The van der Waals surface area contributed by atoms with Gasteiger partial charge in [-0.15, -0.1) is 11.3 Å². The highest BCUT2D eigenvalue weighted by Crippen LogP contribution is 2.25. The second-order valence-electron chi connectivity index (χ2n) is 4.84. The van der Waals surface area contributed by atoms with Crippen molar-refractivity contribution in [3.8, 4) is 0 Å². The molecule has 2 aromatic rings. The first kappa shape index (κ1) is 15.5. The molecule has 1 unspecified atom stereocenters. The van der Waals surface area contributed by atoms with Crippen molar-refractivity contribution in [3.05, 3.63) is 45.4 Å². The average molecular weight is 304 g/mol. The standard InChI is InChI=1S/C16H20N2O2S/c1-5-20-16(19)13-6-8-14(9-7-13)17-10(2)15-11(3)21-12(4)18-15/h6-10,17H,5H2,1-4H3. The molecule has 0 aliphatic carbocycles. The van der Waals surface area contributed by atoms with E-state index in [1.165, 1.54) is 4.88 Å². The van der Waals surface area contributed by atoms with Crippen LogP contribution >= 0.6 is 11.3 Å². The number of carbonyl (C=O) groups excluding carboxylic acids is 1. The predicted molar refractivity (Wildman–Crippen MR) is 86.0 cm³/mol. The molecule has 1 atom stereocenters. The van der Waals surface area contributed by atoms with Crippen LogP contribution in [0.1, 0.15) is 45.8 Å². The van der Waals surface area contributed by atoms with E-state index in [1.54, 1.807) is 30.4 Å². The third-order valence-electron chi connectivity index (χ3n) is 3.13. The number of ether oxygens (including phenoxy) is 1. The van der Waals surface area contributed by atoms with Gasteiger partial charge in [-0.2, -0.15) is 0 Å². The molecule has 0 aliphatic rings. The molecule has 0 radical (unpaired) electrons. The highest BCUT2D eigenvalue weighted by molar-refractivity contribution is 7.11. The second-order valence-corrected chi connectivity index (χ2v) is 6.25. The molecule has 1 N–H and O–H groups in total. The van der Waals surface area contributed by atoms with Crippen LogP contribution in [0.15, 0.2) is 24.3 Å². The van der Waals surface area contributed by atoms with Crippen molar-refractivity contribution >= 4 is 23.0 Å². The van der Waals surface area contributed by atoms with E-state index in [1.807, 2.05) is 19.1 Å². The highest BCUT2D eigenvalue weighted by atomic mass is 32.1. The summed E-state index contributed by atoms with van der Waals surface area (Å²) >= 11 is 1.71. The van der Waals surface area contributed by atoms with Gasteiger partial charge < -0.3 is 10.1 Å². The normalized spacial score (nSPS) is 12.0. The van der Waals surface area contributed by atoms with Crippen LogP contribution in [0.3, 0.4) is 0 Å². The fourth-order valence-electron chi connectivity index (χ4n) is 2.18. The van der Waals surface area contributed by atoms with Crippen molar-refractivity contribution in [2.45, 2.75) is 33.7 Å². The zero-order chi connectivity index (χ0) is 15.4. The number of benzene rings is 1. The second kappa shape index (κ2) is 6.72. The lowest BCUT2D eigenvalue weighted by atomic mass is 10.1. The molecular weight excluding hydrogens is 284 g/mol. The van der Waals surface area contributed by atoms with E-state index in [2.05, 4.69) is 24.1 Å². The Balaban J connectivity index is 2.06. The molecule has 0 fully saturated rings. The van der Waals surface area contributed by atoms with Gasteiger partial charge in [0.1, 0.15) is 0 Å². The smallest absolute Gasteiger partial charge is 0.338 e. The Bertz CT molecular complexity index is 620. The predicted octanol–water partition coefficient (Wildman–Crippen LogP) is 4.11. The quantitative estimate of drug-likeness (QED) is 0.845. The zero-order valence-electron chi connectivity index (χ0n) is 12.8. The third kappa shape index (κ3) is 3.82. The maximum atomic E-state index is 11.6.